The van der Waals surface area contributed by atoms with Crippen molar-refractivity contribution >= 4 is 33.3 Å². The molecule has 0 unspecified atom stereocenters. The first-order valence-corrected chi connectivity index (χ1v) is 8.10. The van der Waals surface area contributed by atoms with Gasteiger partial charge in [0.2, 0.25) is 10.0 Å². The quantitative estimate of drug-likeness (QED) is 0.839. The van der Waals surface area contributed by atoms with Gasteiger partial charge in [-0.1, -0.05) is 25.4 Å². The van der Waals surface area contributed by atoms with E-state index in [0.29, 0.717) is 6.54 Å². The molecule has 118 valence electrons. The van der Waals surface area contributed by atoms with Crippen molar-refractivity contribution < 1.29 is 18.3 Å². The number of nitrogens with one attached hydrogen (secondary N) is 1. The van der Waals surface area contributed by atoms with Gasteiger partial charge in [-0.25, -0.2) is 12.7 Å². The van der Waals surface area contributed by atoms with Crippen molar-refractivity contribution in [1.82, 2.24) is 4.31 Å². The van der Waals surface area contributed by atoms with Gasteiger partial charge in [-0.15, -0.1) is 0 Å². The third-order valence-corrected chi connectivity index (χ3v) is 5.03. The molecule has 0 atom stereocenters. The van der Waals surface area contributed by atoms with Gasteiger partial charge < -0.3 is 15.2 Å². The van der Waals surface area contributed by atoms with Crippen LogP contribution in [0, 0.1) is 5.92 Å². The Morgan fingerprint density at radius 2 is 1.95 bits per heavy atom. The summed E-state index contributed by atoms with van der Waals surface area (Å²) < 4.78 is 25.2. The lowest BCUT2D eigenvalue weighted by Crippen LogP contribution is -2.27. The van der Waals surface area contributed by atoms with E-state index in [-0.39, 0.29) is 27.1 Å². The van der Waals surface area contributed by atoms with Crippen LogP contribution in [0.4, 0.5) is 5.69 Å². The number of aromatic carboxylic acids is 1. The van der Waals surface area contributed by atoms with Crippen molar-refractivity contribution in [1.29, 1.82) is 0 Å². The van der Waals surface area contributed by atoms with Gasteiger partial charge in [0.15, 0.2) is 0 Å². The van der Waals surface area contributed by atoms with E-state index < -0.39 is 16.0 Å². The predicted octanol–water partition coefficient (Wildman–Crippen LogP) is 1.02. The zero-order valence-corrected chi connectivity index (χ0v) is 13.9. The molecule has 0 spiro atoms. The summed E-state index contributed by atoms with van der Waals surface area (Å²) >= 11 is 5.99. The maximum atomic E-state index is 12.1. The highest BCUT2D eigenvalue weighted by Crippen LogP contribution is 2.30. The normalized spacial score (nSPS) is 12.0. The van der Waals surface area contributed by atoms with Crippen LogP contribution in [0.25, 0.3) is 0 Å². The molecule has 0 fully saturated rings. The molecule has 8 heteroatoms. The number of carboxylic acids is 1. The Bertz CT molecular complexity index is 642. The molecule has 0 saturated carbocycles. The van der Waals surface area contributed by atoms with Gasteiger partial charge in [0.25, 0.3) is 0 Å². The molecule has 0 radical (unpaired) electrons. The van der Waals surface area contributed by atoms with Gasteiger partial charge in [-0.3, -0.25) is 0 Å². The third kappa shape index (κ3) is 4.09. The van der Waals surface area contributed by atoms with Gasteiger partial charge in [-0.2, -0.15) is 0 Å². The monoisotopic (exact) mass is 333 g/mol. The molecule has 0 aliphatic rings. The van der Waals surface area contributed by atoms with Crippen LogP contribution in [-0.2, 0) is 10.0 Å². The average molecular weight is 334 g/mol. The molecule has 0 aliphatic heterocycles. The number of carbonyl (C=O) groups is 1. The molecular weight excluding hydrogens is 316 g/mol. The number of sulfonamides is 1. The molecule has 1 rings (SSSR count). The predicted molar refractivity (Wildman–Crippen MR) is 80.0 cm³/mol. The summed E-state index contributed by atoms with van der Waals surface area (Å²) in [4.78, 5) is 11.0. The van der Waals surface area contributed by atoms with E-state index in [1.807, 2.05) is 13.8 Å². The number of rotatable bonds is 6. The zero-order chi connectivity index (χ0) is 16.4. The highest BCUT2D eigenvalue weighted by Gasteiger charge is 2.23. The van der Waals surface area contributed by atoms with Crippen LogP contribution < -0.4 is 10.4 Å². The summed E-state index contributed by atoms with van der Waals surface area (Å²) in [6.45, 7) is 4.44. The lowest BCUT2D eigenvalue weighted by Gasteiger charge is -2.18. The minimum atomic E-state index is -3.83. The molecule has 0 aliphatic carbocycles. The Morgan fingerprint density at radius 1 is 1.38 bits per heavy atom. The molecule has 6 nitrogen and oxygen atoms in total. The number of hydrogen-bond acceptors (Lipinski definition) is 5. The van der Waals surface area contributed by atoms with E-state index >= 15 is 0 Å². The fraction of sp³-hybridized carbons (Fsp3) is 0.462. The second-order valence-corrected chi connectivity index (χ2v) is 7.71. The van der Waals surface area contributed by atoms with Gasteiger partial charge in [0, 0.05) is 31.9 Å². The Balaban J connectivity index is 3.41. The molecule has 21 heavy (non-hydrogen) atoms. The summed E-state index contributed by atoms with van der Waals surface area (Å²) in [7, 11) is -1.14. The number of hydrogen-bond donors (Lipinski definition) is 1. The Labute approximate surface area is 129 Å². The van der Waals surface area contributed by atoms with Gasteiger partial charge >= 0.3 is 0 Å². The van der Waals surface area contributed by atoms with Crippen LogP contribution >= 0.6 is 11.6 Å². The summed E-state index contributed by atoms with van der Waals surface area (Å²) in [5.74, 6) is -1.18. The third-order valence-electron chi connectivity index (χ3n) is 2.75. The Morgan fingerprint density at radius 3 is 2.38 bits per heavy atom. The van der Waals surface area contributed by atoms with E-state index in [1.165, 1.54) is 20.2 Å². The van der Waals surface area contributed by atoms with E-state index in [9.17, 15) is 18.3 Å². The van der Waals surface area contributed by atoms with Crippen molar-refractivity contribution in [2.45, 2.75) is 18.7 Å². The Hall–Kier alpha value is -1.31. The van der Waals surface area contributed by atoms with Crippen molar-refractivity contribution in [2.24, 2.45) is 5.92 Å². The second-order valence-electron chi connectivity index (χ2n) is 5.18. The molecule has 1 aromatic carbocycles. The molecule has 0 bridgehead atoms. The van der Waals surface area contributed by atoms with Crippen LogP contribution in [0.15, 0.2) is 17.0 Å². The van der Waals surface area contributed by atoms with Crippen LogP contribution in [0.2, 0.25) is 5.02 Å². The largest absolute Gasteiger partial charge is 0.545 e. The van der Waals surface area contributed by atoms with Crippen LogP contribution in [0.5, 0.6) is 0 Å². The minimum Gasteiger partial charge on any atom is -0.545 e. The number of carboxylic acid groups (broad SMARTS) is 1. The molecule has 0 saturated heterocycles. The van der Waals surface area contributed by atoms with Crippen molar-refractivity contribution in [3.05, 3.63) is 22.7 Å². The lowest BCUT2D eigenvalue weighted by molar-refractivity contribution is -0.254. The van der Waals surface area contributed by atoms with E-state index in [0.717, 1.165) is 10.4 Å². The number of carbonyl (C=O) groups excluding carboxylic acids is 1. The number of benzene rings is 1. The Kier molecular flexibility index (Phi) is 5.61. The standard InChI is InChI=1S/C13H19ClN2O4S/c1-8(2)7-15-11-6-10(14)12(5-9(11)13(17)18)21(19,20)16(3)4/h5-6,8,15H,7H2,1-4H3,(H,17,18)/p-1. The molecule has 0 heterocycles. The second kappa shape index (κ2) is 6.64. The maximum absolute atomic E-state index is 12.1. The van der Waals surface area contributed by atoms with Crippen molar-refractivity contribution in [3.63, 3.8) is 0 Å². The summed E-state index contributed by atoms with van der Waals surface area (Å²) in [6, 6.07) is 2.32. The molecular formula is C13H18ClN2O4S-. The average Bonchev–Trinajstić information content (AvgIpc) is 2.35. The molecule has 1 aromatic rings. The number of nitrogens with zero attached hydrogens (tertiary/aromatic N) is 1. The first-order chi connectivity index (χ1) is 9.57. The van der Waals surface area contributed by atoms with Crippen molar-refractivity contribution in [2.75, 3.05) is 26.0 Å². The highest BCUT2D eigenvalue weighted by atomic mass is 35.5. The van der Waals surface area contributed by atoms with E-state index in [1.54, 1.807) is 0 Å². The molecule has 0 amide bonds. The SMILES string of the molecule is CC(C)CNc1cc(Cl)c(S(=O)(=O)N(C)C)cc1C(=O)[O-]. The zero-order valence-electron chi connectivity index (χ0n) is 12.3. The van der Waals surface area contributed by atoms with Gasteiger partial charge in [0.05, 0.1) is 11.0 Å². The summed E-state index contributed by atoms with van der Waals surface area (Å²) in [6.07, 6.45) is 0. The molecule has 0 aromatic heterocycles. The number of anilines is 1. The fourth-order valence-electron chi connectivity index (χ4n) is 1.58. The highest BCUT2D eigenvalue weighted by molar-refractivity contribution is 7.89. The lowest BCUT2D eigenvalue weighted by atomic mass is 10.1. The maximum Gasteiger partial charge on any atom is 0.244 e. The first kappa shape index (κ1) is 17.7. The summed E-state index contributed by atoms with van der Waals surface area (Å²) in [5, 5.41) is 14.1. The van der Waals surface area contributed by atoms with E-state index in [4.69, 9.17) is 11.6 Å². The fourth-order valence-corrected chi connectivity index (χ4v) is 3.00. The van der Waals surface area contributed by atoms with Crippen molar-refractivity contribution in [3.8, 4) is 0 Å². The van der Waals surface area contributed by atoms with Gasteiger partial charge in [0.1, 0.15) is 4.90 Å². The van der Waals surface area contributed by atoms with Crippen LogP contribution in [0.3, 0.4) is 0 Å². The number of halogens is 1. The summed E-state index contributed by atoms with van der Waals surface area (Å²) in [5.41, 5.74) is 0.00637. The van der Waals surface area contributed by atoms with E-state index in [2.05, 4.69) is 5.32 Å². The molecule has 1 N–H and O–H groups in total. The van der Waals surface area contributed by atoms with Crippen LogP contribution in [0.1, 0.15) is 24.2 Å². The smallest absolute Gasteiger partial charge is 0.244 e. The minimum absolute atomic E-state index is 0.0417. The first-order valence-electron chi connectivity index (χ1n) is 6.28. The van der Waals surface area contributed by atoms with Crippen LogP contribution in [-0.4, -0.2) is 39.3 Å². The van der Waals surface area contributed by atoms with Gasteiger partial charge in [-0.05, 0) is 18.1 Å². The topological polar surface area (TPSA) is 89.5 Å².